The SMILES string of the molecule is COc1ccc(NC(N)=S)cc1N. The number of anilines is 2. The third-order valence-electron chi connectivity index (χ3n) is 1.50. The van der Waals surface area contributed by atoms with Crippen molar-refractivity contribution in [2.75, 3.05) is 18.2 Å². The zero-order valence-electron chi connectivity index (χ0n) is 7.20. The molecular weight excluding hydrogens is 186 g/mol. The van der Waals surface area contributed by atoms with Crippen LogP contribution in [0.15, 0.2) is 18.2 Å². The van der Waals surface area contributed by atoms with Gasteiger partial charge < -0.3 is 21.5 Å². The first-order chi connectivity index (χ1) is 6.13. The molecule has 0 aliphatic carbocycles. The number of nitrogen functional groups attached to an aromatic ring is 1. The smallest absolute Gasteiger partial charge is 0.168 e. The lowest BCUT2D eigenvalue weighted by Crippen LogP contribution is -2.18. The zero-order valence-corrected chi connectivity index (χ0v) is 8.02. The van der Waals surface area contributed by atoms with Gasteiger partial charge in [-0.25, -0.2) is 0 Å². The molecule has 0 unspecified atom stereocenters. The van der Waals surface area contributed by atoms with E-state index in [9.17, 15) is 0 Å². The van der Waals surface area contributed by atoms with Crippen LogP contribution < -0.4 is 21.5 Å². The van der Waals surface area contributed by atoms with Crippen molar-refractivity contribution in [3.05, 3.63) is 18.2 Å². The van der Waals surface area contributed by atoms with Crippen LogP contribution in [0.3, 0.4) is 0 Å². The molecule has 0 bridgehead atoms. The highest BCUT2D eigenvalue weighted by Crippen LogP contribution is 2.24. The fraction of sp³-hybridized carbons (Fsp3) is 0.125. The molecule has 70 valence electrons. The molecular formula is C8H11N3OS. The van der Waals surface area contributed by atoms with Crippen molar-refractivity contribution >= 4 is 28.7 Å². The van der Waals surface area contributed by atoms with Crippen molar-refractivity contribution in [2.45, 2.75) is 0 Å². The number of thiocarbonyl (C=S) groups is 1. The monoisotopic (exact) mass is 197 g/mol. The molecule has 0 fully saturated rings. The topological polar surface area (TPSA) is 73.3 Å². The van der Waals surface area contributed by atoms with Gasteiger partial charge in [0.2, 0.25) is 0 Å². The van der Waals surface area contributed by atoms with Gasteiger partial charge >= 0.3 is 0 Å². The second kappa shape index (κ2) is 3.95. The molecule has 0 aliphatic heterocycles. The van der Waals surface area contributed by atoms with Crippen LogP contribution >= 0.6 is 12.2 Å². The highest BCUT2D eigenvalue weighted by Gasteiger charge is 2.00. The minimum Gasteiger partial charge on any atom is -0.495 e. The van der Waals surface area contributed by atoms with E-state index in [0.29, 0.717) is 11.4 Å². The van der Waals surface area contributed by atoms with Crippen LogP contribution in [0.5, 0.6) is 5.75 Å². The Balaban J connectivity index is 2.89. The Hall–Kier alpha value is -1.49. The van der Waals surface area contributed by atoms with E-state index in [1.54, 1.807) is 25.3 Å². The lowest BCUT2D eigenvalue weighted by atomic mass is 10.2. The lowest BCUT2D eigenvalue weighted by molar-refractivity contribution is 0.417. The Bertz CT molecular complexity index is 327. The van der Waals surface area contributed by atoms with Gasteiger partial charge in [0.25, 0.3) is 0 Å². The number of methoxy groups -OCH3 is 1. The van der Waals surface area contributed by atoms with Gasteiger partial charge in [-0.15, -0.1) is 0 Å². The fourth-order valence-corrected chi connectivity index (χ4v) is 1.07. The van der Waals surface area contributed by atoms with Crippen LogP contribution in [0.1, 0.15) is 0 Å². The molecule has 4 nitrogen and oxygen atoms in total. The van der Waals surface area contributed by atoms with Crippen molar-refractivity contribution in [3.63, 3.8) is 0 Å². The van der Waals surface area contributed by atoms with Gasteiger partial charge in [0, 0.05) is 5.69 Å². The van der Waals surface area contributed by atoms with E-state index in [4.69, 9.17) is 16.2 Å². The van der Waals surface area contributed by atoms with Crippen LogP contribution in [0.2, 0.25) is 0 Å². The van der Waals surface area contributed by atoms with Gasteiger partial charge in [-0.3, -0.25) is 0 Å². The Morgan fingerprint density at radius 1 is 1.54 bits per heavy atom. The van der Waals surface area contributed by atoms with Crippen LogP contribution in [-0.4, -0.2) is 12.2 Å². The summed E-state index contributed by atoms with van der Waals surface area (Å²) >= 11 is 4.68. The Labute approximate surface area is 81.9 Å². The molecule has 0 heterocycles. The molecule has 0 saturated carbocycles. The predicted octanol–water partition coefficient (Wildman–Crippen LogP) is 0.933. The first-order valence-electron chi connectivity index (χ1n) is 3.63. The molecule has 0 spiro atoms. The van der Waals surface area contributed by atoms with Crippen LogP contribution in [-0.2, 0) is 0 Å². The highest BCUT2D eigenvalue weighted by molar-refractivity contribution is 7.80. The quantitative estimate of drug-likeness (QED) is 0.486. The third kappa shape index (κ3) is 2.48. The number of ether oxygens (including phenoxy) is 1. The van der Waals surface area contributed by atoms with Crippen LogP contribution in [0.4, 0.5) is 11.4 Å². The molecule has 0 radical (unpaired) electrons. The molecule has 13 heavy (non-hydrogen) atoms. The summed E-state index contributed by atoms with van der Waals surface area (Å²) < 4.78 is 4.99. The van der Waals surface area contributed by atoms with E-state index in [-0.39, 0.29) is 5.11 Å². The van der Waals surface area contributed by atoms with Crippen LogP contribution in [0.25, 0.3) is 0 Å². The van der Waals surface area contributed by atoms with E-state index in [2.05, 4.69) is 17.5 Å². The van der Waals surface area contributed by atoms with Gasteiger partial charge in [0.05, 0.1) is 12.8 Å². The molecule has 0 amide bonds. The Kier molecular flexibility index (Phi) is 2.92. The van der Waals surface area contributed by atoms with Gasteiger partial charge in [0.15, 0.2) is 5.11 Å². The number of hydrogen-bond donors (Lipinski definition) is 3. The van der Waals surface area contributed by atoms with Crippen molar-refractivity contribution < 1.29 is 4.74 Å². The fourth-order valence-electron chi connectivity index (χ4n) is 0.954. The average molecular weight is 197 g/mol. The summed E-state index contributed by atoms with van der Waals surface area (Å²) in [5.41, 5.74) is 12.3. The van der Waals surface area contributed by atoms with E-state index in [1.165, 1.54) is 0 Å². The van der Waals surface area contributed by atoms with E-state index in [0.717, 1.165) is 5.69 Å². The first kappa shape index (κ1) is 9.60. The lowest BCUT2D eigenvalue weighted by Gasteiger charge is -2.07. The molecule has 0 aromatic heterocycles. The summed E-state index contributed by atoms with van der Waals surface area (Å²) in [6.45, 7) is 0. The van der Waals surface area contributed by atoms with Crippen molar-refractivity contribution in [2.24, 2.45) is 5.73 Å². The maximum atomic E-state index is 5.66. The molecule has 1 aromatic carbocycles. The van der Waals surface area contributed by atoms with E-state index < -0.39 is 0 Å². The standard InChI is InChI=1S/C8H11N3OS/c1-12-7-3-2-5(4-6(7)9)11-8(10)13/h2-4H,9H2,1H3,(H3,10,11,13). The van der Waals surface area contributed by atoms with E-state index >= 15 is 0 Å². The number of nitrogens with one attached hydrogen (secondary N) is 1. The third-order valence-corrected chi connectivity index (χ3v) is 1.60. The largest absolute Gasteiger partial charge is 0.495 e. The van der Waals surface area contributed by atoms with Crippen LogP contribution in [0, 0.1) is 0 Å². The summed E-state index contributed by atoms with van der Waals surface area (Å²) in [4.78, 5) is 0. The van der Waals surface area contributed by atoms with Gasteiger partial charge in [-0.2, -0.15) is 0 Å². The number of rotatable bonds is 2. The molecule has 0 aliphatic rings. The minimum atomic E-state index is 0.213. The first-order valence-corrected chi connectivity index (χ1v) is 4.04. The molecule has 0 atom stereocenters. The Morgan fingerprint density at radius 2 is 2.23 bits per heavy atom. The van der Waals surface area contributed by atoms with Crippen molar-refractivity contribution in [3.8, 4) is 5.75 Å². The van der Waals surface area contributed by atoms with Gasteiger partial charge in [0.1, 0.15) is 5.75 Å². The van der Waals surface area contributed by atoms with Gasteiger partial charge in [-0.1, -0.05) is 0 Å². The average Bonchev–Trinajstić information content (AvgIpc) is 2.03. The molecule has 1 aromatic rings. The Morgan fingerprint density at radius 3 is 2.69 bits per heavy atom. The summed E-state index contributed by atoms with van der Waals surface area (Å²) in [5, 5.41) is 2.98. The summed E-state index contributed by atoms with van der Waals surface area (Å²) in [7, 11) is 1.56. The highest BCUT2D eigenvalue weighted by atomic mass is 32.1. The molecule has 5 heteroatoms. The summed E-state index contributed by atoms with van der Waals surface area (Å²) in [5.74, 6) is 0.633. The maximum Gasteiger partial charge on any atom is 0.168 e. The molecule has 0 saturated heterocycles. The van der Waals surface area contributed by atoms with E-state index in [1.807, 2.05) is 0 Å². The second-order valence-corrected chi connectivity index (χ2v) is 2.89. The zero-order chi connectivity index (χ0) is 9.84. The summed E-state index contributed by atoms with van der Waals surface area (Å²) in [6, 6.07) is 5.24. The molecule has 1 rings (SSSR count). The number of benzene rings is 1. The predicted molar refractivity (Wildman–Crippen MR) is 57.8 cm³/mol. The van der Waals surface area contributed by atoms with Crippen molar-refractivity contribution in [1.82, 2.24) is 0 Å². The number of nitrogens with two attached hydrogens (primary N) is 2. The number of hydrogen-bond acceptors (Lipinski definition) is 3. The maximum absolute atomic E-state index is 5.66. The minimum absolute atomic E-state index is 0.213. The normalized spacial score (nSPS) is 9.31. The second-order valence-electron chi connectivity index (χ2n) is 2.45. The van der Waals surface area contributed by atoms with Crippen molar-refractivity contribution in [1.29, 1.82) is 0 Å². The summed E-state index contributed by atoms with van der Waals surface area (Å²) in [6.07, 6.45) is 0. The molecule has 5 N–H and O–H groups in total. The van der Waals surface area contributed by atoms with Gasteiger partial charge in [-0.05, 0) is 30.4 Å².